The normalized spacial score (nSPS) is 19.8. The van der Waals surface area contributed by atoms with Crippen LogP contribution in [0.5, 0.6) is 0 Å². The first-order valence-corrected chi connectivity index (χ1v) is 6.89. The molecule has 1 fully saturated rings. The van der Waals surface area contributed by atoms with E-state index in [2.05, 4.69) is 15.1 Å². The molecule has 0 saturated carbocycles. The van der Waals surface area contributed by atoms with Gasteiger partial charge in [-0.15, -0.1) is 10.2 Å². The van der Waals surface area contributed by atoms with Crippen LogP contribution in [0.3, 0.4) is 0 Å². The first-order chi connectivity index (χ1) is 8.99. The van der Waals surface area contributed by atoms with Crippen molar-refractivity contribution >= 4 is 29.1 Å². The van der Waals surface area contributed by atoms with Crippen LogP contribution in [0.15, 0.2) is 6.07 Å². The molecule has 0 N–H and O–H groups in total. The Morgan fingerprint density at radius 1 is 1.42 bits per heavy atom. The van der Waals surface area contributed by atoms with Crippen molar-refractivity contribution in [1.82, 2.24) is 20.0 Å². The van der Waals surface area contributed by atoms with Crippen LogP contribution in [-0.2, 0) is 0 Å². The number of likely N-dealkylation sites (N-methyl/N-ethyl adjacent to an activating group) is 1. The standard InChI is InChI=1S/C12H16Cl2N4O/c1-17(2)8-4-3-5-18(7-8)12(19)9-6-10(13)15-16-11(9)14/h6,8H,3-5,7H2,1-2H3. The van der Waals surface area contributed by atoms with E-state index < -0.39 is 0 Å². The van der Waals surface area contributed by atoms with E-state index in [9.17, 15) is 4.79 Å². The Morgan fingerprint density at radius 2 is 2.16 bits per heavy atom. The van der Waals surface area contributed by atoms with Crippen molar-refractivity contribution in [2.75, 3.05) is 27.2 Å². The highest BCUT2D eigenvalue weighted by atomic mass is 35.5. The van der Waals surface area contributed by atoms with Crippen LogP contribution in [0.25, 0.3) is 0 Å². The monoisotopic (exact) mass is 302 g/mol. The van der Waals surface area contributed by atoms with E-state index in [0.29, 0.717) is 18.2 Å². The Balaban J connectivity index is 2.17. The van der Waals surface area contributed by atoms with Crippen LogP contribution < -0.4 is 0 Å². The van der Waals surface area contributed by atoms with Gasteiger partial charge >= 0.3 is 0 Å². The van der Waals surface area contributed by atoms with Gasteiger partial charge in [-0.05, 0) is 33.0 Å². The molecule has 1 atom stereocenters. The Hall–Kier alpha value is -0.910. The molecule has 0 bridgehead atoms. The molecule has 1 aromatic rings. The lowest BCUT2D eigenvalue weighted by molar-refractivity contribution is 0.0634. The molecule has 0 radical (unpaired) electrons. The Bertz CT molecular complexity index is 481. The number of halogens is 2. The van der Waals surface area contributed by atoms with Gasteiger partial charge in [0.25, 0.3) is 5.91 Å². The third-order valence-corrected chi connectivity index (χ3v) is 3.83. The lowest BCUT2D eigenvalue weighted by atomic mass is 10.0. The predicted octanol–water partition coefficient (Wildman–Crippen LogP) is 1.95. The molecule has 1 aliphatic heterocycles. The molecule has 1 aromatic heterocycles. The van der Waals surface area contributed by atoms with E-state index in [1.807, 2.05) is 14.1 Å². The maximum Gasteiger partial charge on any atom is 0.257 e. The van der Waals surface area contributed by atoms with E-state index in [4.69, 9.17) is 23.2 Å². The number of hydrogen-bond donors (Lipinski definition) is 0. The summed E-state index contributed by atoms with van der Waals surface area (Å²) in [7, 11) is 4.05. The fraction of sp³-hybridized carbons (Fsp3) is 0.583. The number of carbonyl (C=O) groups is 1. The highest BCUT2D eigenvalue weighted by Crippen LogP contribution is 2.21. The number of aromatic nitrogens is 2. The molecule has 1 unspecified atom stereocenters. The summed E-state index contributed by atoms with van der Waals surface area (Å²) < 4.78 is 0. The van der Waals surface area contributed by atoms with Crippen molar-refractivity contribution in [2.24, 2.45) is 0 Å². The number of rotatable bonds is 2. The van der Waals surface area contributed by atoms with E-state index in [1.165, 1.54) is 6.07 Å². The van der Waals surface area contributed by atoms with Gasteiger partial charge in [-0.3, -0.25) is 4.79 Å². The molecular formula is C12H16Cl2N4O. The number of nitrogens with zero attached hydrogens (tertiary/aromatic N) is 4. The summed E-state index contributed by atoms with van der Waals surface area (Å²) in [5.74, 6) is -0.131. The summed E-state index contributed by atoms with van der Waals surface area (Å²) in [5.41, 5.74) is 0.320. The third kappa shape index (κ3) is 3.35. The van der Waals surface area contributed by atoms with E-state index in [0.717, 1.165) is 19.4 Å². The second kappa shape index (κ2) is 6.03. The topological polar surface area (TPSA) is 49.3 Å². The molecule has 1 saturated heterocycles. The Kier molecular flexibility index (Phi) is 4.60. The summed E-state index contributed by atoms with van der Waals surface area (Å²) in [4.78, 5) is 16.4. The first-order valence-electron chi connectivity index (χ1n) is 6.13. The van der Waals surface area contributed by atoms with Crippen LogP contribution in [0.2, 0.25) is 10.3 Å². The smallest absolute Gasteiger partial charge is 0.257 e. The van der Waals surface area contributed by atoms with Gasteiger partial charge < -0.3 is 9.80 Å². The number of hydrogen-bond acceptors (Lipinski definition) is 4. The number of likely N-dealkylation sites (tertiary alicyclic amines) is 1. The van der Waals surface area contributed by atoms with E-state index in [-0.39, 0.29) is 16.2 Å². The minimum atomic E-state index is -0.131. The highest BCUT2D eigenvalue weighted by Gasteiger charge is 2.27. The zero-order chi connectivity index (χ0) is 14.0. The lowest BCUT2D eigenvalue weighted by Gasteiger charge is -2.36. The molecule has 19 heavy (non-hydrogen) atoms. The van der Waals surface area contributed by atoms with Crippen LogP contribution >= 0.6 is 23.2 Å². The summed E-state index contributed by atoms with van der Waals surface area (Å²) >= 11 is 11.7. The van der Waals surface area contributed by atoms with Crippen molar-refractivity contribution in [3.05, 3.63) is 21.9 Å². The molecule has 0 aliphatic carbocycles. The minimum Gasteiger partial charge on any atom is -0.337 e. The van der Waals surface area contributed by atoms with E-state index >= 15 is 0 Å². The summed E-state index contributed by atoms with van der Waals surface area (Å²) in [6.45, 7) is 1.43. The molecule has 104 valence electrons. The summed E-state index contributed by atoms with van der Waals surface area (Å²) in [6.07, 6.45) is 2.08. The van der Waals surface area contributed by atoms with Gasteiger partial charge in [-0.25, -0.2) is 0 Å². The van der Waals surface area contributed by atoms with Gasteiger partial charge in [0, 0.05) is 19.1 Å². The van der Waals surface area contributed by atoms with Crippen molar-refractivity contribution in [1.29, 1.82) is 0 Å². The zero-order valence-corrected chi connectivity index (χ0v) is 12.4. The molecular weight excluding hydrogens is 287 g/mol. The number of amides is 1. The van der Waals surface area contributed by atoms with Crippen LogP contribution in [-0.4, -0.2) is 59.1 Å². The molecule has 5 nitrogen and oxygen atoms in total. The predicted molar refractivity (Wildman–Crippen MR) is 74.7 cm³/mol. The van der Waals surface area contributed by atoms with Crippen molar-refractivity contribution in [2.45, 2.75) is 18.9 Å². The van der Waals surface area contributed by atoms with Gasteiger partial charge in [0.05, 0.1) is 5.56 Å². The van der Waals surface area contributed by atoms with Gasteiger partial charge in [-0.1, -0.05) is 23.2 Å². The molecule has 0 spiro atoms. The molecule has 7 heteroatoms. The van der Waals surface area contributed by atoms with Crippen LogP contribution in [0, 0.1) is 0 Å². The molecule has 2 heterocycles. The second-order valence-electron chi connectivity index (χ2n) is 4.88. The second-order valence-corrected chi connectivity index (χ2v) is 5.63. The minimum absolute atomic E-state index is 0.0985. The maximum absolute atomic E-state index is 12.4. The van der Waals surface area contributed by atoms with Gasteiger partial charge in [-0.2, -0.15) is 0 Å². The van der Waals surface area contributed by atoms with Crippen LogP contribution in [0.4, 0.5) is 0 Å². The summed E-state index contributed by atoms with van der Waals surface area (Å²) in [6, 6.07) is 1.85. The fourth-order valence-corrected chi connectivity index (χ4v) is 2.55. The number of carbonyl (C=O) groups excluding carboxylic acids is 1. The van der Waals surface area contributed by atoms with Gasteiger partial charge in [0.2, 0.25) is 0 Å². The SMILES string of the molecule is CN(C)C1CCCN(C(=O)c2cc(Cl)nnc2Cl)C1. The average Bonchev–Trinajstić information content (AvgIpc) is 2.41. The van der Waals surface area contributed by atoms with Crippen LogP contribution in [0.1, 0.15) is 23.2 Å². The zero-order valence-electron chi connectivity index (χ0n) is 10.9. The molecule has 1 aliphatic rings. The molecule has 0 aromatic carbocycles. The first kappa shape index (κ1) is 14.5. The van der Waals surface area contributed by atoms with Crippen molar-refractivity contribution < 1.29 is 4.79 Å². The highest BCUT2D eigenvalue weighted by molar-refractivity contribution is 6.34. The molecule has 1 amide bonds. The Labute approximate surface area is 122 Å². The van der Waals surface area contributed by atoms with Gasteiger partial charge in [0.15, 0.2) is 10.3 Å². The quantitative estimate of drug-likeness (QED) is 0.838. The fourth-order valence-electron chi connectivity index (χ4n) is 2.23. The van der Waals surface area contributed by atoms with Crippen molar-refractivity contribution in [3.63, 3.8) is 0 Å². The molecule has 2 rings (SSSR count). The third-order valence-electron chi connectivity index (χ3n) is 3.36. The van der Waals surface area contributed by atoms with Gasteiger partial charge in [0.1, 0.15) is 0 Å². The average molecular weight is 303 g/mol. The van der Waals surface area contributed by atoms with E-state index in [1.54, 1.807) is 4.90 Å². The summed E-state index contributed by atoms with van der Waals surface area (Å²) in [5, 5.41) is 7.56. The maximum atomic E-state index is 12.4. The Morgan fingerprint density at radius 3 is 2.84 bits per heavy atom. The lowest BCUT2D eigenvalue weighted by Crippen LogP contribution is -2.47. The van der Waals surface area contributed by atoms with Crippen molar-refractivity contribution in [3.8, 4) is 0 Å². The largest absolute Gasteiger partial charge is 0.337 e. The number of piperidine rings is 1.